The minimum atomic E-state index is 0.278. The van der Waals surface area contributed by atoms with Crippen LogP contribution in [0.15, 0.2) is 0 Å². The molecule has 2 fully saturated rings. The predicted molar refractivity (Wildman–Crippen MR) is 49.0 cm³/mol. The average molecular weight is 169 g/mol. The summed E-state index contributed by atoms with van der Waals surface area (Å²) in [5, 5.41) is 12.9. The van der Waals surface area contributed by atoms with Gasteiger partial charge in [0.25, 0.3) is 0 Å². The second-order valence-corrected chi connectivity index (χ2v) is 4.38. The van der Waals surface area contributed by atoms with Gasteiger partial charge in [0.2, 0.25) is 0 Å². The molecule has 2 N–H and O–H groups in total. The number of aliphatic hydroxyl groups is 1. The molecule has 0 aromatic carbocycles. The van der Waals surface area contributed by atoms with Gasteiger partial charge in [0.15, 0.2) is 0 Å². The van der Waals surface area contributed by atoms with Gasteiger partial charge in [-0.15, -0.1) is 0 Å². The largest absolute Gasteiger partial charge is 0.396 e. The molecule has 1 unspecified atom stereocenters. The van der Waals surface area contributed by atoms with E-state index in [1.54, 1.807) is 0 Å². The van der Waals surface area contributed by atoms with E-state index in [2.05, 4.69) is 5.32 Å². The van der Waals surface area contributed by atoms with Crippen molar-refractivity contribution in [1.29, 1.82) is 0 Å². The van der Waals surface area contributed by atoms with E-state index in [1.807, 2.05) is 0 Å². The van der Waals surface area contributed by atoms with Crippen LogP contribution in [0.2, 0.25) is 0 Å². The minimum Gasteiger partial charge on any atom is -0.396 e. The highest BCUT2D eigenvalue weighted by atomic mass is 16.3. The zero-order chi connectivity index (χ0) is 8.44. The Balaban J connectivity index is 1.95. The monoisotopic (exact) mass is 169 g/mol. The van der Waals surface area contributed by atoms with Crippen LogP contribution in [0.5, 0.6) is 0 Å². The zero-order valence-electron chi connectivity index (χ0n) is 7.68. The molecule has 2 aliphatic rings. The molecule has 2 rings (SSSR count). The van der Waals surface area contributed by atoms with Crippen LogP contribution in [0.3, 0.4) is 0 Å². The quantitative estimate of drug-likeness (QED) is 0.653. The van der Waals surface area contributed by atoms with Crippen molar-refractivity contribution in [3.05, 3.63) is 0 Å². The maximum absolute atomic E-state index is 9.35. The highest BCUT2D eigenvalue weighted by molar-refractivity contribution is 4.97. The van der Waals surface area contributed by atoms with E-state index in [0.29, 0.717) is 12.6 Å². The number of hydrogen-bond donors (Lipinski definition) is 2. The molecule has 70 valence electrons. The van der Waals surface area contributed by atoms with Crippen molar-refractivity contribution in [3.63, 3.8) is 0 Å². The van der Waals surface area contributed by atoms with Gasteiger partial charge < -0.3 is 10.4 Å². The van der Waals surface area contributed by atoms with Gasteiger partial charge in [0.1, 0.15) is 0 Å². The average Bonchev–Trinajstić information content (AvgIpc) is 2.05. The predicted octanol–water partition coefficient (Wildman–Crippen LogP) is 1.29. The molecular formula is C10H19NO. The van der Waals surface area contributed by atoms with E-state index in [-0.39, 0.29) is 5.41 Å². The molecule has 1 aliphatic heterocycles. The van der Waals surface area contributed by atoms with Crippen molar-refractivity contribution in [3.8, 4) is 0 Å². The molecule has 0 radical (unpaired) electrons. The van der Waals surface area contributed by atoms with Crippen molar-refractivity contribution >= 4 is 0 Å². The van der Waals surface area contributed by atoms with Gasteiger partial charge >= 0.3 is 0 Å². The first-order valence-electron chi connectivity index (χ1n) is 5.22. The van der Waals surface area contributed by atoms with Gasteiger partial charge in [0.05, 0.1) is 6.61 Å². The second kappa shape index (κ2) is 3.35. The summed E-state index contributed by atoms with van der Waals surface area (Å²) >= 11 is 0. The molecule has 1 heterocycles. The highest BCUT2D eigenvalue weighted by Gasteiger charge is 2.43. The molecule has 0 aromatic heterocycles. The maximum Gasteiger partial charge on any atom is 0.0502 e. The molecule has 12 heavy (non-hydrogen) atoms. The molecular weight excluding hydrogens is 150 g/mol. The molecule has 1 atom stereocenters. The lowest BCUT2D eigenvalue weighted by atomic mass is 9.63. The number of hydrogen-bond acceptors (Lipinski definition) is 2. The third-order valence-corrected chi connectivity index (χ3v) is 3.71. The number of nitrogens with one attached hydrogen (secondary N) is 1. The van der Waals surface area contributed by atoms with Crippen LogP contribution < -0.4 is 5.32 Å². The van der Waals surface area contributed by atoms with E-state index in [4.69, 9.17) is 0 Å². The normalized spacial score (nSPS) is 34.2. The summed E-state index contributed by atoms with van der Waals surface area (Å²) < 4.78 is 0. The van der Waals surface area contributed by atoms with Gasteiger partial charge in [-0.1, -0.05) is 12.8 Å². The van der Waals surface area contributed by atoms with Crippen molar-refractivity contribution in [2.24, 2.45) is 5.41 Å². The lowest BCUT2D eigenvalue weighted by Gasteiger charge is -2.48. The maximum atomic E-state index is 9.35. The topological polar surface area (TPSA) is 32.3 Å². The standard InChI is InChI=1S/C10H19NO/c12-8-10(5-3-6-10)9-4-1-2-7-11-9/h9,11-12H,1-8H2. The van der Waals surface area contributed by atoms with E-state index < -0.39 is 0 Å². The Labute approximate surface area is 74.4 Å². The fourth-order valence-electron chi connectivity index (χ4n) is 2.62. The Morgan fingerprint density at radius 1 is 1.25 bits per heavy atom. The van der Waals surface area contributed by atoms with Crippen LogP contribution in [-0.4, -0.2) is 24.3 Å². The lowest BCUT2D eigenvalue weighted by Crippen LogP contribution is -2.53. The summed E-state index contributed by atoms with van der Waals surface area (Å²) in [4.78, 5) is 0. The molecule has 2 nitrogen and oxygen atoms in total. The third kappa shape index (κ3) is 1.27. The fraction of sp³-hybridized carbons (Fsp3) is 1.00. The molecule has 1 saturated heterocycles. The molecule has 0 aromatic rings. The summed E-state index contributed by atoms with van der Waals surface area (Å²) in [6.07, 6.45) is 7.74. The summed E-state index contributed by atoms with van der Waals surface area (Å²) in [5.74, 6) is 0. The smallest absolute Gasteiger partial charge is 0.0502 e. The zero-order valence-corrected chi connectivity index (χ0v) is 7.68. The Morgan fingerprint density at radius 2 is 2.08 bits per heavy atom. The van der Waals surface area contributed by atoms with Crippen molar-refractivity contribution < 1.29 is 5.11 Å². The van der Waals surface area contributed by atoms with Crippen LogP contribution in [0, 0.1) is 5.41 Å². The number of rotatable bonds is 2. The number of aliphatic hydroxyl groups excluding tert-OH is 1. The van der Waals surface area contributed by atoms with Crippen molar-refractivity contribution in [1.82, 2.24) is 5.32 Å². The van der Waals surface area contributed by atoms with Gasteiger partial charge in [-0.05, 0) is 32.2 Å². The first kappa shape index (κ1) is 8.52. The van der Waals surface area contributed by atoms with Crippen LogP contribution >= 0.6 is 0 Å². The Hall–Kier alpha value is -0.0800. The molecule has 1 saturated carbocycles. The second-order valence-electron chi connectivity index (χ2n) is 4.38. The molecule has 1 aliphatic carbocycles. The summed E-state index contributed by atoms with van der Waals surface area (Å²) in [7, 11) is 0. The van der Waals surface area contributed by atoms with Gasteiger partial charge in [-0.2, -0.15) is 0 Å². The molecule has 0 bridgehead atoms. The highest BCUT2D eigenvalue weighted by Crippen LogP contribution is 2.45. The van der Waals surface area contributed by atoms with E-state index in [0.717, 1.165) is 6.54 Å². The summed E-state index contributed by atoms with van der Waals surface area (Å²) in [6, 6.07) is 0.616. The van der Waals surface area contributed by atoms with E-state index >= 15 is 0 Å². The van der Waals surface area contributed by atoms with Gasteiger partial charge in [-0.3, -0.25) is 0 Å². The first-order chi connectivity index (χ1) is 5.87. The lowest BCUT2D eigenvalue weighted by molar-refractivity contribution is -0.00219. The Bertz CT molecular complexity index is 142. The van der Waals surface area contributed by atoms with Crippen molar-refractivity contribution in [2.45, 2.75) is 44.6 Å². The SMILES string of the molecule is OCC1(C2CCCCN2)CCC1. The van der Waals surface area contributed by atoms with Gasteiger partial charge in [0, 0.05) is 11.5 Å². The van der Waals surface area contributed by atoms with E-state index in [9.17, 15) is 5.11 Å². The molecule has 2 heteroatoms. The Kier molecular flexibility index (Phi) is 2.37. The number of piperidine rings is 1. The summed E-state index contributed by atoms with van der Waals surface area (Å²) in [5.41, 5.74) is 0.278. The third-order valence-electron chi connectivity index (χ3n) is 3.71. The van der Waals surface area contributed by atoms with Crippen molar-refractivity contribution in [2.75, 3.05) is 13.2 Å². The molecule has 0 spiro atoms. The first-order valence-corrected chi connectivity index (χ1v) is 5.22. The summed E-state index contributed by atoms with van der Waals surface area (Å²) in [6.45, 7) is 1.55. The van der Waals surface area contributed by atoms with E-state index in [1.165, 1.54) is 38.5 Å². The van der Waals surface area contributed by atoms with Crippen LogP contribution in [0.4, 0.5) is 0 Å². The fourth-order valence-corrected chi connectivity index (χ4v) is 2.62. The van der Waals surface area contributed by atoms with Crippen LogP contribution in [0.25, 0.3) is 0 Å². The van der Waals surface area contributed by atoms with Crippen LogP contribution in [-0.2, 0) is 0 Å². The van der Waals surface area contributed by atoms with Gasteiger partial charge in [-0.25, -0.2) is 0 Å². The van der Waals surface area contributed by atoms with Crippen LogP contribution in [0.1, 0.15) is 38.5 Å². The minimum absolute atomic E-state index is 0.278. The Morgan fingerprint density at radius 3 is 2.50 bits per heavy atom. The molecule has 0 amide bonds.